The number of hydrogen-bond acceptors (Lipinski definition) is 2. The summed E-state index contributed by atoms with van der Waals surface area (Å²) >= 11 is 3.52. The van der Waals surface area contributed by atoms with E-state index in [0.29, 0.717) is 19.1 Å². The van der Waals surface area contributed by atoms with Gasteiger partial charge in [-0.25, -0.2) is 0 Å². The zero-order valence-electron chi connectivity index (χ0n) is 13.0. The summed E-state index contributed by atoms with van der Waals surface area (Å²) in [6.07, 6.45) is 0.214. The molecule has 0 aromatic heterocycles. The van der Waals surface area contributed by atoms with E-state index in [0.717, 1.165) is 17.6 Å². The van der Waals surface area contributed by atoms with Crippen molar-refractivity contribution in [2.75, 3.05) is 26.2 Å². The van der Waals surface area contributed by atoms with Crippen LogP contribution in [0.3, 0.4) is 0 Å². The Labute approximate surface area is 135 Å². The monoisotopic (exact) mass is 353 g/mol. The largest absolute Gasteiger partial charge is 0.375 e. The molecule has 0 radical (unpaired) electrons. The Hall–Kier alpha value is -1.07. The van der Waals surface area contributed by atoms with Crippen molar-refractivity contribution in [1.29, 1.82) is 0 Å². The quantitative estimate of drug-likeness (QED) is 0.671. The summed E-state index contributed by atoms with van der Waals surface area (Å²) in [6.45, 7) is 9.45. The summed E-state index contributed by atoms with van der Waals surface area (Å²) in [4.78, 5) is 6.71. The maximum atomic E-state index is 6.14. The van der Waals surface area contributed by atoms with E-state index in [1.807, 2.05) is 6.07 Å². The Bertz CT molecular complexity index is 516. The maximum absolute atomic E-state index is 6.14. The number of halogens is 1. The number of guanidine groups is 1. The van der Waals surface area contributed by atoms with Crippen LogP contribution in [0.5, 0.6) is 0 Å². The van der Waals surface area contributed by atoms with E-state index in [1.165, 1.54) is 5.56 Å². The minimum Gasteiger partial charge on any atom is -0.375 e. The van der Waals surface area contributed by atoms with E-state index in [4.69, 9.17) is 10.5 Å². The smallest absolute Gasteiger partial charge is 0.191 e. The fraction of sp³-hybridized carbons (Fsp3) is 0.562. The van der Waals surface area contributed by atoms with Gasteiger partial charge in [0, 0.05) is 23.0 Å². The Balaban J connectivity index is 2.04. The third-order valence-electron chi connectivity index (χ3n) is 3.81. The van der Waals surface area contributed by atoms with Crippen LogP contribution in [0.4, 0.5) is 0 Å². The highest BCUT2D eigenvalue weighted by Crippen LogP contribution is 2.26. The molecule has 5 heteroatoms. The van der Waals surface area contributed by atoms with E-state index in [9.17, 15) is 0 Å². The molecule has 0 spiro atoms. The van der Waals surface area contributed by atoms with Crippen LogP contribution in [-0.4, -0.2) is 43.2 Å². The van der Waals surface area contributed by atoms with Gasteiger partial charge in [0.2, 0.25) is 0 Å². The Morgan fingerprint density at radius 1 is 1.52 bits per heavy atom. The van der Waals surface area contributed by atoms with Crippen LogP contribution in [0.25, 0.3) is 0 Å². The van der Waals surface area contributed by atoms with E-state index < -0.39 is 0 Å². The summed E-state index contributed by atoms with van der Waals surface area (Å²) in [5.41, 5.74) is 7.34. The second-order valence-electron chi connectivity index (χ2n) is 6.20. The summed E-state index contributed by atoms with van der Waals surface area (Å²) in [5, 5.41) is 0. The van der Waals surface area contributed by atoms with Gasteiger partial charge < -0.3 is 15.4 Å². The zero-order chi connectivity index (χ0) is 15.5. The van der Waals surface area contributed by atoms with E-state index in [1.54, 1.807) is 0 Å². The van der Waals surface area contributed by atoms with Crippen LogP contribution in [0.15, 0.2) is 33.7 Å². The number of ether oxygens (including phenoxy) is 1. The summed E-state index contributed by atoms with van der Waals surface area (Å²) in [7, 11) is 0. The average Bonchev–Trinajstić information content (AvgIpc) is 2.45. The topological polar surface area (TPSA) is 50.8 Å². The molecule has 1 aliphatic rings. The van der Waals surface area contributed by atoms with Gasteiger partial charge in [-0.3, -0.25) is 4.99 Å². The molecule has 1 aromatic carbocycles. The van der Waals surface area contributed by atoms with Crippen molar-refractivity contribution in [3.63, 3.8) is 0 Å². The SMILES string of the molecule is CC1CN(C(N)=NCC(C)(C)c2cccc(Br)c2)CCO1. The number of nitrogens with two attached hydrogens (primary N) is 1. The third kappa shape index (κ3) is 4.45. The highest BCUT2D eigenvalue weighted by atomic mass is 79.9. The van der Waals surface area contributed by atoms with E-state index in [-0.39, 0.29) is 11.5 Å². The molecule has 1 unspecified atom stereocenters. The number of hydrogen-bond donors (Lipinski definition) is 1. The minimum atomic E-state index is -0.0493. The molecule has 1 atom stereocenters. The van der Waals surface area contributed by atoms with Gasteiger partial charge in [-0.2, -0.15) is 0 Å². The van der Waals surface area contributed by atoms with Crippen molar-refractivity contribution in [1.82, 2.24) is 4.90 Å². The van der Waals surface area contributed by atoms with E-state index in [2.05, 4.69) is 64.8 Å². The van der Waals surface area contributed by atoms with Crippen LogP contribution >= 0.6 is 15.9 Å². The van der Waals surface area contributed by atoms with Crippen molar-refractivity contribution in [3.8, 4) is 0 Å². The predicted octanol–water partition coefficient (Wildman–Crippen LogP) is 2.76. The van der Waals surface area contributed by atoms with Crippen molar-refractivity contribution in [2.24, 2.45) is 10.7 Å². The van der Waals surface area contributed by atoms with Crippen molar-refractivity contribution >= 4 is 21.9 Å². The Morgan fingerprint density at radius 2 is 2.29 bits per heavy atom. The van der Waals surface area contributed by atoms with Crippen LogP contribution < -0.4 is 5.73 Å². The Morgan fingerprint density at radius 3 is 2.95 bits per heavy atom. The summed E-state index contributed by atoms with van der Waals surface area (Å²) in [6, 6.07) is 8.36. The highest BCUT2D eigenvalue weighted by molar-refractivity contribution is 9.10. The molecule has 2 N–H and O–H groups in total. The van der Waals surface area contributed by atoms with Crippen LogP contribution in [-0.2, 0) is 10.2 Å². The number of aliphatic imine (C=N–C) groups is 1. The molecule has 1 aliphatic heterocycles. The number of rotatable bonds is 3. The molecular formula is C16H24BrN3O. The van der Waals surface area contributed by atoms with E-state index >= 15 is 0 Å². The molecule has 2 rings (SSSR count). The first-order chi connectivity index (χ1) is 9.88. The predicted molar refractivity (Wildman–Crippen MR) is 90.6 cm³/mol. The van der Waals surface area contributed by atoms with Crippen molar-refractivity contribution in [2.45, 2.75) is 32.3 Å². The van der Waals surface area contributed by atoms with Crippen LogP contribution in [0.2, 0.25) is 0 Å². The molecule has 4 nitrogen and oxygen atoms in total. The second-order valence-corrected chi connectivity index (χ2v) is 7.11. The molecule has 1 heterocycles. The van der Waals surface area contributed by atoms with Gasteiger partial charge in [-0.05, 0) is 24.6 Å². The highest BCUT2D eigenvalue weighted by Gasteiger charge is 2.22. The van der Waals surface area contributed by atoms with Crippen LogP contribution in [0, 0.1) is 0 Å². The summed E-state index contributed by atoms with van der Waals surface area (Å²) < 4.78 is 6.62. The molecule has 1 aromatic rings. The lowest BCUT2D eigenvalue weighted by molar-refractivity contribution is 0.00527. The average molecular weight is 354 g/mol. The number of nitrogens with zero attached hydrogens (tertiary/aromatic N) is 2. The number of morpholine rings is 1. The molecule has 1 fully saturated rings. The molecule has 116 valence electrons. The van der Waals surface area contributed by atoms with Gasteiger partial charge in [0.1, 0.15) is 0 Å². The molecule has 0 saturated carbocycles. The first-order valence-electron chi connectivity index (χ1n) is 7.31. The molecule has 0 bridgehead atoms. The molecule has 21 heavy (non-hydrogen) atoms. The second kappa shape index (κ2) is 6.79. The third-order valence-corrected chi connectivity index (χ3v) is 4.30. The summed E-state index contributed by atoms with van der Waals surface area (Å²) in [5.74, 6) is 0.619. The van der Waals surface area contributed by atoms with Crippen molar-refractivity contribution in [3.05, 3.63) is 34.3 Å². The standard InChI is InChI=1S/C16H24BrN3O/c1-12-10-20(7-8-21-12)15(18)19-11-16(2,3)13-5-4-6-14(17)9-13/h4-6,9,12H,7-8,10-11H2,1-3H3,(H2,18,19). The van der Waals surface area contributed by atoms with Crippen LogP contribution in [0.1, 0.15) is 26.3 Å². The number of benzene rings is 1. The lowest BCUT2D eigenvalue weighted by atomic mass is 9.85. The minimum absolute atomic E-state index is 0.0493. The van der Waals surface area contributed by atoms with Gasteiger partial charge in [-0.15, -0.1) is 0 Å². The van der Waals surface area contributed by atoms with Gasteiger partial charge in [-0.1, -0.05) is 41.9 Å². The molecular weight excluding hydrogens is 330 g/mol. The Kier molecular flexibility index (Phi) is 5.27. The maximum Gasteiger partial charge on any atom is 0.191 e. The van der Waals surface area contributed by atoms with Gasteiger partial charge in [0.15, 0.2) is 5.96 Å². The van der Waals surface area contributed by atoms with Gasteiger partial charge >= 0.3 is 0 Å². The lowest BCUT2D eigenvalue weighted by Gasteiger charge is -2.32. The zero-order valence-corrected chi connectivity index (χ0v) is 14.6. The van der Waals surface area contributed by atoms with Crippen molar-refractivity contribution < 1.29 is 4.74 Å². The lowest BCUT2D eigenvalue weighted by Crippen LogP contribution is -2.48. The first-order valence-corrected chi connectivity index (χ1v) is 8.10. The first kappa shape index (κ1) is 16.3. The normalized spacial score (nSPS) is 20.7. The fourth-order valence-corrected chi connectivity index (χ4v) is 2.81. The molecule has 1 saturated heterocycles. The molecule has 0 aliphatic carbocycles. The fourth-order valence-electron chi connectivity index (χ4n) is 2.41. The van der Waals surface area contributed by atoms with Gasteiger partial charge in [0.05, 0.1) is 19.3 Å². The molecule has 0 amide bonds. The van der Waals surface area contributed by atoms with Gasteiger partial charge in [0.25, 0.3) is 0 Å².